The fourth-order valence-electron chi connectivity index (χ4n) is 15.3. The van der Waals surface area contributed by atoms with Crippen LogP contribution in [0.4, 0.5) is 4.79 Å². The monoisotopic (exact) mass is 950 g/mol. The fraction of sp³-hybridized carbons (Fsp3) is 0.755. The molecule has 8 aliphatic carbocycles. The van der Waals surface area contributed by atoms with Gasteiger partial charge in [0, 0.05) is 40.4 Å². The van der Waals surface area contributed by atoms with E-state index in [2.05, 4.69) is 13.8 Å². The summed E-state index contributed by atoms with van der Waals surface area (Å²) >= 11 is 1.00. The van der Waals surface area contributed by atoms with Gasteiger partial charge in [-0.2, -0.15) is 0 Å². The van der Waals surface area contributed by atoms with Gasteiger partial charge in [0.25, 0.3) is 0 Å². The van der Waals surface area contributed by atoms with Crippen molar-refractivity contribution in [2.75, 3.05) is 19.0 Å². The maximum Gasteiger partial charge on any atom is 0.509 e. The van der Waals surface area contributed by atoms with Gasteiger partial charge in [-0.1, -0.05) is 84.4 Å². The van der Waals surface area contributed by atoms with Gasteiger partial charge in [-0.15, -0.1) is 0 Å². The molecule has 14 atom stereocenters. The minimum absolute atomic E-state index is 0.000515. The molecule has 8 aliphatic rings. The predicted octanol–water partition coefficient (Wildman–Crippen LogP) is 7.79. The normalized spacial score (nSPS) is 41.6. The smallest absolute Gasteiger partial charge is 0.457 e. The molecule has 6 saturated carbocycles. The Kier molecular flexibility index (Phi) is 14.1. The van der Waals surface area contributed by atoms with E-state index in [0.717, 1.165) is 55.9 Å². The summed E-state index contributed by atoms with van der Waals surface area (Å²) in [5.74, 6) is -0.723. The fourth-order valence-corrected chi connectivity index (χ4v) is 16.2. The lowest BCUT2D eigenvalue weighted by Gasteiger charge is -2.60. The zero-order valence-electron chi connectivity index (χ0n) is 41.1. The molecule has 0 amide bonds. The largest absolute Gasteiger partial charge is 0.509 e. The molecule has 370 valence electrons. The predicted molar refractivity (Wildman–Crippen MR) is 250 cm³/mol. The van der Waals surface area contributed by atoms with E-state index < -0.39 is 69.6 Å². The zero-order chi connectivity index (χ0) is 49.3. The minimum Gasteiger partial charge on any atom is -0.457 e. The first-order valence-corrected chi connectivity index (χ1v) is 25.8. The first-order chi connectivity index (χ1) is 31.3. The number of esters is 1. The second-order valence-corrected chi connectivity index (χ2v) is 24.0. The van der Waals surface area contributed by atoms with Crippen molar-refractivity contribution < 1.29 is 63.1 Å². The van der Waals surface area contributed by atoms with Crippen LogP contribution in [-0.2, 0) is 43.0 Å². The van der Waals surface area contributed by atoms with Gasteiger partial charge in [-0.05, 0) is 131 Å². The average molecular weight is 951 g/mol. The number of allylic oxidation sites excluding steroid dienone is 5. The maximum atomic E-state index is 13.6. The van der Waals surface area contributed by atoms with E-state index in [1.54, 1.807) is 26.0 Å². The van der Waals surface area contributed by atoms with Crippen LogP contribution in [0, 0.1) is 62.6 Å². The van der Waals surface area contributed by atoms with Crippen LogP contribution < -0.4 is 0 Å². The summed E-state index contributed by atoms with van der Waals surface area (Å²) in [4.78, 5) is 87.6. The highest BCUT2D eigenvalue weighted by atomic mass is 32.2. The van der Waals surface area contributed by atoms with Crippen molar-refractivity contribution in [3.63, 3.8) is 0 Å². The van der Waals surface area contributed by atoms with E-state index >= 15 is 0 Å². The number of rotatable bonds is 9. The van der Waals surface area contributed by atoms with Crippen LogP contribution in [0.3, 0.4) is 0 Å². The summed E-state index contributed by atoms with van der Waals surface area (Å²) in [6.45, 7) is 16.6. The standard InChI is InChI=1S/C27H36O8.C26H38O5S/c1-5-22(31)34-15-21(30)27(35-24(32)33-6-2)12-10-19-18-8-7-16-13-17(28)9-11-25(16,3)23(18)20(29)14-26(19,27)4;1-23(2,3)22(30)32-14-20(29)26(31)11-9-18-17-7-6-15-12-16(27)8-10-24(15,4)21(17)19(28)13-25(18,26)5/h9,11,13,18-20,23,29H,5-8,10,12,14-15H2,1-4H3;12,17-19,21,28,31H,6-11,13-14H2,1-5H3/t18-,19-,20-,23+,25-,26-,27-;17-,18-,19-,21+,24-,25-,26-/m00/s1. The molecule has 13 nitrogen and oxygen atoms in total. The molecule has 0 aromatic rings. The summed E-state index contributed by atoms with van der Waals surface area (Å²) < 4.78 is 16.0. The van der Waals surface area contributed by atoms with E-state index in [1.807, 2.05) is 46.8 Å². The molecule has 0 aromatic heterocycles. The van der Waals surface area contributed by atoms with E-state index in [9.17, 15) is 48.9 Å². The number of carbonyl (C=O) groups excluding carboxylic acids is 7. The molecule has 0 radical (unpaired) electrons. The summed E-state index contributed by atoms with van der Waals surface area (Å²) in [5.41, 5.74) is -3.55. The van der Waals surface area contributed by atoms with Crippen LogP contribution >= 0.6 is 11.8 Å². The Labute approximate surface area is 400 Å². The van der Waals surface area contributed by atoms with Gasteiger partial charge in [0.05, 0.1) is 24.6 Å². The lowest BCUT2D eigenvalue weighted by atomic mass is 9.45. The summed E-state index contributed by atoms with van der Waals surface area (Å²) in [6.07, 6.45) is 12.1. The van der Waals surface area contributed by atoms with Crippen LogP contribution in [0.15, 0.2) is 35.5 Å². The number of fused-ring (bicyclic) bond motifs is 10. The van der Waals surface area contributed by atoms with Crippen LogP contribution in [0.5, 0.6) is 0 Å². The molecule has 0 aliphatic heterocycles. The Bertz CT molecular complexity index is 2150. The van der Waals surface area contributed by atoms with E-state index in [1.165, 1.54) is 5.57 Å². The Morgan fingerprint density at radius 3 is 2.03 bits per heavy atom. The second-order valence-electron chi connectivity index (χ2n) is 23.0. The van der Waals surface area contributed by atoms with Crippen molar-refractivity contribution >= 4 is 52.1 Å². The number of aliphatic hydroxyl groups excluding tert-OH is 2. The number of ketones is 4. The van der Waals surface area contributed by atoms with Crippen molar-refractivity contribution in [3.05, 3.63) is 35.5 Å². The number of thioether (sulfide) groups is 1. The van der Waals surface area contributed by atoms with Gasteiger partial charge in [0.2, 0.25) is 5.78 Å². The quantitative estimate of drug-likeness (QED) is 0.189. The highest BCUT2D eigenvalue weighted by molar-refractivity contribution is 8.14. The van der Waals surface area contributed by atoms with E-state index in [4.69, 9.17) is 14.2 Å². The third-order valence-corrected chi connectivity index (χ3v) is 20.0. The Hall–Kier alpha value is -3.46. The molecule has 0 bridgehead atoms. The number of aliphatic hydroxyl groups is 3. The molecule has 14 heteroatoms. The van der Waals surface area contributed by atoms with Gasteiger partial charge in [-0.25, -0.2) is 4.79 Å². The molecule has 0 spiro atoms. The maximum absolute atomic E-state index is 13.6. The summed E-state index contributed by atoms with van der Waals surface area (Å²) in [7, 11) is 0. The molecular formula is C53H74O13S. The van der Waals surface area contributed by atoms with Gasteiger partial charge in [0.15, 0.2) is 34.7 Å². The molecule has 0 unspecified atom stereocenters. The highest BCUT2D eigenvalue weighted by Gasteiger charge is 2.71. The first kappa shape index (κ1) is 51.4. The topological polar surface area (TPSA) is 208 Å². The van der Waals surface area contributed by atoms with Crippen LogP contribution in [0.1, 0.15) is 146 Å². The lowest BCUT2D eigenvalue weighted by molar-refractivity contribution is -0.185. The minimum atomic E-state index is -1.56. The summed E-state index contributed by atoms with van der Waals surface area (Å²) in [5, 5.41) is 34.7. The van der Waals surface area contributed by atoms with Gasteiger partial charge in [0.1, 0.15) is 5.60 Å². The van der Waals surface area contributed by atoms with Crippen molar-refractivity contribution in [2.24, 2.45) is 62.6 Å². The number of ether oxygens (including phenoxy) is 3. The van der Waals surface area contributed by atoms with Gasteiger partial charge < -0.3 is 29.5 Å². The SMILES string of the molecule is CC(C)(C)C(=O)SCC(=O)[C@@]1(O)CC[C@H]2[C@@H]3CCC4=CC(=O)CC[C@]4(C)[C@H]3[C@@H](O)C[C@@]21C.CCOC(=O)O[C@]1(C(=O)COC(=O)CC)CC[C@H]2[C@@H]3CCC4=CC(=O)C=C[C@]4(C)[C@H]3[C@@H](O)C[C@@]21C. The number of hydrogen-bond donors (Lipinski definition) is 3. The zero-order valence-corrected chi connectivity index (χ0v) is 41.9. The lowest BCUT2D eigenvalue weighted by Crippen LogP contribution is -2.63. The van der Waals surface area contributed by atoms with Crippen molar-refractivity contribution in [1.29, 1.82) is 0 Å². The molecule has 6 fully saturated rings. The van der Waals surface area contributed by atoms with Crippen molar-refractivity contribution in [2.45, 2.75) is 169 Å². The van der Waals surface area contributed by atoms with Crippen molar-refractivity contribution in [1.82, 2.24) is 0 Å². The van der Waals surface area contributed by atoms with E-state index in [-0.39, 0.29) is 95.0 Å². The first-order valence-electron chi connectivity index (χ1n) is 24.8. The highest BCUT2D eigenvalue weighted by Crippen LogP contribution is 2.69. The molecule has 0 saturated heterocycles. The van der Waals surface area contributed by atoms with Gasteiger partial charge in [-0.3, -0.25) is 28.8 Å². The number of hydrogen-bond acceptors (Lipinski definition) is 14. The third kappa shape index (κ3) is 8.47. The van der Waals surface area contributed by atoms with Crippen LogP contribution in [-0.4, -0.2) is 98.1 Å². The van der Waals surface area contributed by atoms with Gasteiger partial charge >= 0.3 is 12.1 Å². The van der Waals surface area contributed by atoms with Crippen LogP contribution in [0.2, 0.25) is 0 Å². The molecule has 8 rings (SSSR count). The van der Waals surface area contributed by atoms with E-state index in [0.29, 0.717) is 25.7 Å². The molecule has 0 aromatic carbocycles. The number of Topliss-reactive ketones (excluding diaryl/α,β-unsaturated/α-hetero) is 2. The number of carbonyl (C=O) groups is 7. The second kappa shape index (κ2) is 18.4. The molecule has 3 N–H and O–H groups in total. The van der Waals surface area contributed by atoms with Crippen LogP contribution in [0.25, 0.3) is 0 Å². The Balaban J connectivity index is 0.000000200. The molecule has 0 heterocycles. The molecular weight excluding hydrogens is 877 g/mol. The average Bonchev–Trinajstić information content (AvgIpc) is 3.70. The molecule has 67 heavy (non-hydrogen) atoms. The Morgan fingerprint density at radius 1 is 0.761 bits per heavy atom. The Morgan fingerprint density at radius 2 is 1.37 bits per heavy atom. The summed E-state index contributed by atoms with van der Waals surface area (Å²) in [6, 6.07) is 0. The van der Waals surface area contributed by atoms with Crippen molar-refractivity contribution in [3.8, 4) is 0 Å². The third-order valence-electron chi connectivity index (χ3n) is 18.7.